The van der Waals surface area contributed by atoms with Crippen molar-refractivity contribution < 1.29 is 0 Å². The van der Waals surface area contributed by atoms with Crippen molar-refractivity contribution in [1.82, 2.24) is 0 Å². The van der Waals surface area contributed by atoms with Crippen LogP contribution in [0.25, 0.3) is 64.0 Å². The van der Waals surface area contributed by atoms with Gasteiger partial charge in [-0.15, -0.1) is 22.7 Å². The number of hydrogen-bond donors (Lipinski definition) is 0. The van der Waals surface area contributed by atoms with Gasteiger partial charge in [0, 0.05) is 20.9 Å². The molecule has 2 heteroatoms. The van der Waals surface area contributed by atoms with Gasteiger partial charge in [0.25, 0.3) is 0 Å². The minimum atomic E-state index is 1.29. The minimum absolute atomic E-state index is 1.29. The van der Waals surface area contributed by atoms with Crippen LogP contribution >= 0.6 is 22.7 Å². The van der Waals surface area contributed by atoms with Crippen molar-refractivity contribution in [3.05, 3.63) is 108 Å². The lowest BCUT2D eigenvalue weighted by molar-refractivity contribution is 1.74. The van der Waals surface area contributed by atoms with Crippen LogP contribution < -0.4 is 0 Å². The van der Waals surface area contributed by atoms with E-state index in [0.29, 0.717) is 0 Å². The molecule has 0 saturated carbocycles. The van der Waals surface area contributed by atoms with Gasteiger partial charge in [0.2, 0.25) is 0 Å². The topological polar surface area (TPSA) is 0 Å². The Bertz CT molecular complexity index is 1620. The molecule has 2 heterocycles. The normalized spacial score (nSPS) is 11.8. The molecule has 0 aliphatic heterocycles. The molecule has 0 aliphatic rings. The molecule has 0 unspecified atom stereocenters. The molecular formula is C30H18S2. The highest BCUT2D eigenvalue weighted by molar-refractivity contribution is 7.14. The van der Waals surface area contributed by atoms with Crippen molar-refractivity contribution in [1.29, 1.82) is 0 Å². The summed E-state index contributed by atoms with van der Waals surface area (Å²) >= 11 is 3.61. The predicted molar refractivity (Wildman–Crippen MR) is 143 cm³/mol. The van der Waals surface area contributed by atoms with E-state index in [2.05, 4.69) is 108 Å². The summed E-state index contributed by atoms with van der Waals surface area (Å²) in [7, 11) is 0. The lowest BCUT2D eigenvalue weighted by atomic mass is 9.94. The highest BCUT2D eigenvalue weighted by Gasteiger charge is 2.12. The van der Waals surface area contributed by atoms with Crippen LogP contribution in [0, 0.1) is 0 Å². The molecule has 0 N–H and O–H groups in total. The van der Waals surface area contributed by atoms with Gasteiger partial charge in [0.15, 0.2) is 0 Å². The molecule has 150 valence electrons. The molecule has 0 atom stereocenters. The van der Waals surface area contributed by atoms with Crippen molar-refractivity contribution in [3.63, 3.8) is 0 Å². The quantitative estimate of drug-likeness (QED) is 0.234. The fourth-order valence-corrected chi connectivity index (χ4v) is 6.28. The highest BCUT2D eigenvalue weighted by atomic mass is 32.1. The first-order valence-corrected chi connectivity index (χ1v) is 12.5. The van der Waals surface area contributed by atoms with Crippen LogP contribution in [-0.4, -0.2) is 0 Å². The van der Waals surface area contributed by atoms with Gasteiger partial charge < -0.3 is 0 Å². The molecule has 7 rings (SSSR count). The van der Waals surface area contributed by atoms with Crippen molar-refractivity contribution in [2.24, 2.45) is 0 Å². The van der Waals surface area contributed by atoms with Crippen LogP contribution in [0.3, 0.4) is 0 Å². The van der Waals surface area contributed by atoms with Crippen LogP contribution in [0.2, 0.25) is 0 Å². The van der Waals surface area contributed by atoms with E-state index < -0.39 is 0 Å². The summed E-state index contributed by atoms with van der Waals surface area (Å²) in [6.45, 7) is 0. The second kappa shape index (κ2) is 7.03. The first kappa shape index (κ1) is 18.1. The first-order valence-electron chi connectivity index (χ1n) is 10.7. The zero-order valence-electron chi connectivity index (χ0n) is 17.2. The maximum Gasteiger partial charge on any atom is 0.0349 e. The third-order valence-electron chi connectivity index (χ3n) is 6.33. The summed E-state index contributed by atoms with van der Waals surface area (Å²) < 4.78 is 0. The highest BCUT2D eigenvalue weighted by Crippen LogP contribution is 2.40. The Balaban J connectivity index is 1.53. The van der Waals surface area contributed by atoms with E-state index in [9.17, 15) is 0 Å². The summed E-state index contributed by atoms with van der Waals surface area (Å²) in [6.07, 6.45) is 0. The molecule has 5 aromatic carbocycles. The van der Waals surface area contributed by atoms with E-state index in [1.165, 1.54) is 64.0 Å². The number of rotatable bonds is 2. The van der Waals surface area contributed by atoms with Crippen molar-refractivity contribution in [3.8, 4) is 20.9 Å². The molecule has 0 amide bonds. The van der Waals surface area contributed by atoms with Gasteiger partial charge in [-0.3, -0.25) is 0 Å². The summed E-state index contributed by atoms with van der Waals surface area (Å²) in [6, 6.07) is 36.1. The first-order chi connectivity index (χ1) is 15.8. The van der Waals surface area contributed by atoms with Crippen LogP contribution in [0.5, 0.6) is 0 Å². The number of fused-ring (bicyclic) bond motifs is 4. The lowest BCUT2D eigenvalue weighted by Gasteiger charge is -2.12. The van der Waals surface area contributed by atoms with Gasteiger partial charge in [-0.2, -0.15) is 0 Å². The fraction of sp³-hybridized carbons (Fsp3) is 0. The monoisotopic (exact) mass is 442 g/mol. The van der Waals surface area contributed by atoms with Crippen molar-refractivity contribution >= 4 is 65.8 Å². The van der Waals surface area contributed by atoms with E-state index >= 15 is 0 Å². The zero-order valence-corrected chi connectivity index (χ0v) is 18.8. The average Bonchev–Trinajstić information content (AvgIpc) is 3.54. The Kier molecular flexibility index (Phi) is 3.98. The van der Waals surface area contributed by atoms with Crippen LogP contribution in [-0.2, 0) is 0 Å². The molecule has 0 spiro atoms. The standard InChI is InChI=1S/C30H18S2/c1-2-6-20-12-22-14-24-16-26-18-28(30-8-4-10-32-30)27(29-7-3-9-31-29)17-25(26)15-23(24)13-21(22)11-19(20)5-1/h1-18H. The van der Waals surface area contributed by atoms with E-state index in [1.807, 2.05) is 22.7 Å². The maximum absolute atomic E-state index is 2.38. The minimum Gasteiger partial charge on any atom is -0.144 e. The summed E-state index contributed by atoms with van der Waals surface area (Å²) in [5, 5.41) is 14.7. The smallest absolute Gasteiger partial charge is 0.0349 e. The van der Waals surface area contributed by atoms with Gasteiger partial charge in [0.05, 0.1) is 0 Å². The molecule has 0 radical (unpaired) electrons. The van der Waals surface area contributed by atoms with Crippen LogP contribution in [0.1, 0.15) is 0 Å². The van der Waals surface area contributed by atoms with Gasteiger partial charge in [0.1, 0.15) is 0 Å². The maximum atomic E-state index is 2.38. The van der Waals surface area contributed by atoms with Crippen molar-refractivity contribution in [2.75, 3.05) is 0 Å². The molecule has 32 heavy (non-hydrogen) atoms. The Morgan fingerprint density at radius 2 is 0.719 bits per heavy atom. The largest absolute Gasteiger partial charge is 0.144 e. The Morgan fingerprint density at radius 1 is 0.344 bits per heavy atom. The molecule has 0 aliphatic carbocycles. The predicted octanol–water partition coefficient (Wildman–Crippen LogP) is 9.76. The second-order valence-corrected chi connectivity index (χ2v) is 10.2. The number of thiophene rings is 2. The summed E-state index contributed by atoms with van der Waals surface area (Å²) in [5.41, 5.74) is 2.64. The zero-order chi connectivity index (χ0) is 21.1. The van der Waals surface area contributed by atoms with Gasteiger partial charge in [-0.05, 0) is 115 Å². The Labute approximate surface area is 194 Å². The van der Waals surface area contributed by atoms with Gasteiger partial charge >= 0.3 is 0 Å². The second-order valence-electron chi connectivity index (χ2n) is 8.30. The Morgan fingerprint density at radius 3 is 1.09 bits per heavy atom. The third-order valence-corrected chi connectivity index (χ3v) is 8.13. The van der Waals surface area contributed by atoms with Gasteiger partial charge in [-0.25, -0.2) is 0 Å². The number of benzene rings is 5. The fourth-order valence-electron chi connectivity index (χ4n) is 4.77. The van der Waals surface area contributed by atoms with Crippen LogP contribution in [0.15, 0.2) is 108 Å². The summed E-state index contributed by atoms with van der Waals surface area (Å²) in [5.74, 6) is 0. The molecule has 7 aromatic rings. The van der Waals surface area contributed by atoms with E-state index in [1.54, 1.807) is 0 Å². The van der Waals surface area contributed by atoms with Gasteiger partial charge in [-0.1, -0.05) is 36.4 Å². The molecule has 0 bridgehead atoms. The molecule has 2 aromatic heterocycles. The molecule has 0 saturated heterocycles. The van der Waals surface area contributed by atoms with E-state index in [-0.39, 0.29) is 0 Å². The van der Waals surface area contributed by atoms with E-state index in [4.69, 9.17) is 0 Å². The third kappa shape index (κ3) is 2.88. The van der Waals surface area contributed by atoms with Crippen LogP contribution in [0.4, 0.5) is 0 Å². The van der Waals surface area contributed by atoms with E-state index in [0.717, 1.165) is 0 Å². The SMILES string of the molecule is c1csc(-c2cc3cc4cc5cc6ccccc6cc5cc4cc3cc2-c2cccs2)c1. The van der Waals surface area contributed by atoms with Crippen molar-refractivity contribution in [2.45, 2.75) is 0 Å². The Hall–Kier alpha value is -3.46. The molecule has 0 fully saturated rings. The summed E-state index contributed by atoms with van der Waals surface area (Å²) in [4.78, 5) is 2.64. The molecular weight excluding hydrogens is 424 g/mol. The number of hydrogen-bond acceptors (Lipinski definition) is 2. The molecule has 0 nitrogen and oxygen atoms in total. The lowest BCUT2D eigenvalue weighted by Crippen LogP contribution is -1.85. The average molecular weight is 443 g/mol.